The van der Waals surface area contributed by atoms with Gasteiger partial charge < -0.3 is 15.4 Å². The molecule has 0 unspecified atom stereocenters. The number of anilines is 1. The summed E-state index contributed by atoms with van der Waals surface area (Å²) in [5.74, 6) is 3.00. The Morgan fingerprint density at radius 3 is 2.59 bits per heavy atom. The second-order valence-corrected chi connectivity index (χ2v) is 8.42. The lowest BCUT2D eigenvalue weighted by Crippen LogP contribution is -2.30. The number of thioether (sulfide) groups is 1. The minimum absolute atomic E-state index is 0.392. The van der Waals surface area contributed by atoms with E-state index in [0.717, 1.165) is 29.5 Å². The number of aryl methyl sites for hydroxylation is 1. The van der Waals surface area contributed by atoms with Crippen LogP contribution in [0.1, 0.15) is 36.8 Å². The first kappa shape index (κ1) is 20.0. The molecule has 2 aromatic rings. The summed E-state index contributed by atoms with van der Waals surface area (Å²) < 4.78 is 5.99. The van der Waals surface area contributed by atoms with E-state index < -0.39 is 0 Å². The van der Waals surface area contributed by atoms with Crippen molar-refractivity contribution in [3.63, 3.8) is 0 Å². The molecule has 5 heteroatoms. The molecule has 0 bridgehead atoms. The third-order valence-electron chi connectivity index (χ3n) is 4.77. The average molecular weight is 401 g/mol. The van der Waals surface area contributed by atoms with E-state index in [-0.39, 0.29) is 0 Å². The quantitative estimate of drug-likeness (QED) is 0.449. The number of ether oxygens (including phenoxy) is 1. The Kier molecular flexibility index (Phi) is 7.84. The van der Waals surface area contributed by atoms with Crippen LogP contribution < -0.4 is 15.4 Å². The Bertz CT molecular complexity index is 727. The highest BCUT2D eigenvalue weighted by Gasteiger charge is 2.16. The van der Waals surface area contributed by atoms with Crippen LogP contribution >= 0.6 is 24.0 Å². The molecular weight excluding hydrogens is 372 g/mol. The number of rotatable bonds is 8. The molecule has 0 spiro atoms. The largest absolute Gasteiger partial charge is 0.490 e. The molecule has 0 aromatic heterocycles. The van der Waals surface area contributed by atoms with Crippen molar-refractivity contribution in [2.75, 3.05) is 17.6 Å². The zero-order chi connectivity index (χ0) is 18.9. The van der Waals surface area contributed by atoms with Gasteiger partial charge in [0.25, 0.3) is 0 Å². The first-order valence-electron chi connectivity index (χ1n) is 9.64. The van der Waals surface area contributed by atoms with Crippen LogP contribution in [0.4, 0.5) is 5.69 Å². The number of benzene rings is 2. The normalized spacial score (nSPS) is 14.1. The van der Waals surface area contributed by atoms with E-state index in [1.165, 1.54) is 36.8 Å². The Labute approximate surface area is 172 Å². The van der Waals surface area contributed by atoms with E-state index in [2.05, 4.69) is 41.8 Å². The van der Waals surface area contributed by atoms with Crippen LogP contribution in [0.3, 0.4) is 0 Å². The van der Waals surface area contributed by atoms with Crippen molar-refractivity contribution in [3.05, 3.63) is 59.7 Å². The Hall–Kier alpha value is -1.72. The van der Waals surface area contributed by atoms with Gasteiger partial charge in [0.15, 0.2) is 5.11 Å². The molecule has 0 atom stereocenters. The predicted molar refractivity (Wildman–Crippen MR) is 121 cm³/mol. The molecule has 0 saturated heterocycles. The average Bonchev–Trinajstić information content (AvgIpc) is 3.17. The van der Waals surface area contributed by atoms with Crippen LogP contribution in [-0.2, 0) is 5.75 Å². The minimum atomic E-state index is 0.392. The number of hydrogen-bond acceptors (Lipinski definition) is 3. The van der Waals surface area contributed by atoms with Crippen molar-refractivity contribution in [1.29, 1.82) is 0 Å². The summed E-state index contributed by atoms with van der Waals surface area (Å²) in [5.41, 5.74) is 3.75. The van der Waals surface area contributed by atoms with Gasteiger partial charge in [-0.2, -0.15) is 11.8 Å². The molecule has 27 heavy (non-hydrogen) atoms. The minimum Gasteiger partial charge on any atom is -0.490 e. The van der Waals surface area contributed by atoms with Crippen molar-refractivity contribution < 1.29 is 4.74 Å². The van der Waals surface area contributed by atoms with Crippen LogP contribution in [0.2, 0.25) is 0 Å². The Balaban J connectivity index is 1.32. The molecule has 0 radical (unpaired) electrons. The van der Waals surface area contributed by atoms with Crippen LogP contribution in [0.5, 0.6) is 5.75 Å². The van der Waals surface area contributed by atoms with Gasteiger partial charge in [-0.25, -0.2) is 0 Å². The van der Waals surface area contributed by atoms with Crippen LogP contribution in [0.25, 0.3) is 0 Å². The van der Waals surface area contributed by atoms with Crippen molar-refractivity contribution in [1.82, 2.24) is 5.32 Å². The third-order valence-corrected chi connectivity index (χ3v) is 6.02. The smallest absolute Gasteiger partial charge is 0.170 e. The molecule has 0 aliphatic heterocycles. The molecule has 3 nitrogen and oxygen atoms in total. The lowest BCUT2D eigenvalue weighted by atomic mass is 10.1. The summed E-state index contributed by atoms with van der Waals surface area (Å²) in [7, 11) is 0. The third kappa shape index (κ3) is 6.74. The van der Waals surface area contributed by atoms with Crippen molar-refractivity contribution >= 4 is 34.8 Å². The number of hydrogen-bond donors (Lipinski definition) is 2. The fourth-order valence-corrected chi connectivity index (χ4v) is 4.34. The molecule has 2 aromatic carbocycles. The fourth-order valence-electron chi connectivity index (χ4n) is 3.18. The van der Waals surface area contributed by atoms with E-state index in [1.807, 2.05) is 36.0 Å². The van der Waals surface area contributed by atoms with Gasteiger partial charge in [-0.05, 0) is 80.2 Å². The molecule has 1 aliphatic rings. The SMILES string of the molecule is Cc1ccccc1CSCCNC(=S)Nc1ccc(OC2CCCC2)cc1. The summed E-state index contributed by atoms with van der Waals surface area (Å²) in [4.78, 5) is 0. The Morgan fingerprint density at radius 1 is 1.11 bits per heavy atom. The van der Waals surface area contributed by atoms with Crippen LogP contribution in [0.15, 0.2) is 48.5 Å². The monoisotopic (exact) mass is 400 g/mol. The van der Waals surface area contributed by atoms with E-state index >= 15 is 0 Å². The first-order chi connectivity index (χ1) is 13.2. The number of nitrogens with one attached hydrogen (secondary N) is 2. The van der Waals surface area contributed by atoms with E-state index in [9.17, 15) is 0 Å². The molecule has 1 fully saturated rings. The van der Waals surface area contributed by atoms with Gasteiger partial charge in [-0.1, -0.05) is 24.3 Å². The van der Waals surface area contributed by atoms with Crippen molar-refractivity contribution in [2.24, 2.45) is 0 Å². The van der Waals surface area contributed by atoms with Gasteiger partial charge in [0.2, 0.25) is 0 Å². The van der Waals surface area contributed by atoms with Gasteiger partial charge in [0.1, 0.15) is 5.75 Å². The highest BCUT2D eigenvalue weighted by molar-refractivity contribution is 7.98. The van der Waals surface area contributed by atoms with Gasteiger partial charge in [-0.3, -0.25) is 0 Å². The van der Waals surface area contributed by atoms with Gasteiger partial charge >= 0.3 is 0 Å². The predicted octanol–water partition coefficient (Wildman–Crippen LogP) is 5.54. The fraction of sp³-hybridized carbons (Fsp3) is 0.409. The summed E-state index contributed by atoms with van der Waals surface area (Å²) in [6.07, 6.45) is 5.32. The maximum atomic E-state index is 5.99. The molecule has 0 heterocycles. The molecule has 3 rings (SSSR count). The zero-order valence-corrected chi connectivity index (χ0v) is 17.5. The summed E-state index contributed by atoms with van der Waals surface area (Å²) in [5, 5.41) is 7.17. The maximum absolute atomic E-state index is 5.99. The van der Waals surface area contributed by atoms with Crippen LogP contribution in [-0.4, -0.2) is 23.5 Å². The summed E-state index contributed by atoms with van der Waals surface area (Å²) >= 11 is 7.31. The Morgan fingerprint density at radius 2 is 1.85 bits per heavy atom. The molecule has 0 amide bonds. The topological polar surface area (TPSA) is 33.3 Å². The van der Waals surface area contributed by atoms with Gasteiger partial charge in [0, 0.05) is 23.7 Å². The zero-order valence-electron chi connectivity index (χ0n) is 15.9. The highest BCUT2D eigenvalue weighted by atomic mass is 32.2. The van der Waals surface area contributed by atoms with E-state index in [1.54, 1.807) is 0 Å². The molecule has 2 N–H and O–H groups in total. The van der Waals surface area contributed by atoms with Crippen molar-refractivity contribution in [3.8, 4) is 5.75 Å². The molecular formula is C22H28N2OS2. The highest BCUT2D eigenvalue weighted by Crippen LogP contribution is 2.25. The lowest BCUT2D eigenvalue weighted by molar-refractivity contribution is 0.210. The maximum Gasteiger partial charge on any atom is 0.170 e. The summed E-state index contributed by atoms with van der Waals surface area (Å²) in [6, 6.07) is 16.6. The van der Waals surface area contributed by atoms with Gasteiger partial charge in [0.05, 0.1) is 6.10 Å². The lowest BCUT2D eigenvalue weighted by Gasteiger charge is -2.14. The molecule has 144 valence electrons. The van der Waals surface area contributed by atoms with E-state index in [4.69, 9.17) is 17.0 Å². The van der Waals surface area contributed by atoms with Gasteiger partial charge in [-0.15, -0.1) is 0 Å². The van der Waals surface area contributed by atoms with Crippen molar-refractivity contribution in [2.45, 2.75) is 44.5 Å². The summed E-state index contributed by atoms with van der Waals surface area (Å²) in [6.45, 7) is 3.02. The van der Waals surface area contributed by atoms with E-state index in [0.29, 0.717) is 11.2 Å². The number of thiocarbonyl (C=S) groups is 1. The second kappa shape index (κ2) is 10.6. The molecule has 1 aliphatic carbocycles. The molecule has 1 saturated carbocycles. The second-order valence-electron chi connectivity index (χ2n) is 6.91. The standard InChI is InChI=1S/C22H28N2OS2/c1-17-6-2-3-7-18(17)16-27-15-14-23-22(26)24-19-10-12-21(13-11-19)25-20-8-4-5-9-20/h2-3,6-7,10-13,20H,4-5,8-9,14-16H2,1H3,(H2,23,24,26). The van der Waals surface area contributed by atoms with Crippen LogP contribution in [0, 0.1) is 6.92 Å². The first-order valence-corrected chi connectivity index (χ1v) is 11.2.